The number of nitrogens with one attached hydrogen (secondary N) is 2. The molecule has 0 bridgehead atoms. The van der Waals surface area contributed by atoms with Crippen LogP contribution in [-0.4, -0.2) is 73.1 Å². The Morgan fingerprint density at radius 3 is 2.62 bits per heavy atom. The first-order valence-electron chi connectivity index (χ1n) is 15.3. The summed E-state index contributed by atoms with van der Waals surface area (Å²) in [5.41, 5.74) is 4.48. The van der Waals surface area contributed by atoms with Crippen molar-refractivity contribution in [1.29, 1.82) is 0 Å². The molecule has 1 aliphatic carbocycles. The maximum Gasteiger partial charge on any atom is 0.261 e. The molecule has 0 saturated carbocycles. The molecule has 1 atom stereocenters. The van der Waals surface area contributed by atoms with E-state index in [-0.39, 0.29) is 11.9 Å². The summed E-state index contributed by atoms with van der Waals surface area (Å²) >= 11 is 1.68. The molecule has 7 rings (SSSR count). The smallest absolute Gasteiger partial charge is 0.261 e. The number of rotatable bonds is 6. The van der Waals surface area contributed by atoms with Gasteiger partial charge in [0.1, 0.15) is 11.3 Å². The second-order valence-corrected chi connectivity index (χ2v) is 13.0. The van der Waals surface area contributed by atoms with E-state index < -0.39 is 0 Å². The molecule has 2 fully saturated rings. The molecule has 3 aromatic heterocycles. The first-order chi connectivity index (χ1) is 20.6. The van der Waals surface area contributed by atoms with E-state index in [1.807, 2.05) is 12.3 Å². The Balaban J connectivity index is 1.07. The fourth-order valence-corrected chi connectivity index (χ4v) is 7.60. The van der Waals surface area contributed by atoms with Crippen molar-refractivity contribution >= 4 is 51.2 Å². The lowest BCUT2D eigenvalue weighted by Gasteiger charge is -2.34. The zero-order chi connectivity index (χ0) is 28.5. The topological polar surface area (TPSA) is 76.6 Å². The monoisotopic (exact) mass is 581 g/mol. The zero-order valence-electron chi connectivity index (χ0n) is 24.3. The maximum absolute atomic E-state index is 13.2. The number of carbonyl (C=O) groups excluding carboxylic acids is 1. The first kappa shape index (κ1) is 27.2. The first-order valence-corrected chi connectivity index (χ1v) is 16.1. The van der Waals surface area contributed by atoms with Crippen LogP contribution < -0.4 is 20.4 Å². The number of carbonyl (C=O) groups is 1. The van der Waals surface area contributed by atoms with E-state index in [2.05, 4.69) is 79.8 Å². The van der Waals surface area contributed by atoms with Gasteiger partial charge in [0, 0.05) is 73.1 Å². The molecule has 218 valence electrons. The Morgan fingerprint density at radius 2 is 1.79 bits per heavy atom. The maximum atomic E-state index is 13.2. The van der Waals surface area contributed by atoms with Gasteiger partial charge in [-0.25, -0.2) is 4.98 Å². The minimum atomic E-state index is 0.0688. The summed E-state index contributed by atoms with van der Waals surface area (Å²) in [6.45, 7) is 5.94. The Hall–Kier alpha value is -3.69. The number of hydrogen-bond acceptors (Lipinski definition) is 8. The van der Waals surface area contributed by atoms with Crippen LogP contribution >= 0.6 is 11.3 Å². The molecule has 2 N–H and O–H groups in total. The van der Waals surface area contributed by atoms with Crippen LogP contribution in [0.3, 0.4) is 0 Å². The number of likely N-dealkylation sites (N-methyl/N-ethyl adjacent to an activating group) is 1. The molecular weight excluding hydrogens is 542 g/mol. The van der Waals surface area contributed by atoms with Gasteiger partial charge in [-0.1, -0.05) is 6.07 Å². The highest BCUT2D eigenvalue weighted by Gasteiger charge is 2.25. The van der Waals surface area contributed by atoms with Crippen molar-refractivity contribution in [1.82, 2.24) is 20.2 Å². The largest absolute Gasteiger partial charge is 0.369 e. The summed E-state index contributed by atoms with van der Waals surface area (Å²) in [7, 11) is 2.18. The van der Waals surface area contributed by atoms with Crippen molar-refractivity contribution in [3.05, 3.63) is 70.0 Å². The van der Waals surface area contributed by atoms with E-state index in [0.29, 0.717) is 0 Å². The van der Waals surface area contributed by atoms with Crippen molar-refractivity contribution in [3.8, 4) is 0 Å². The molecule has 42 heavy (non-hydrogen) atoms. The molecule has 5 heterocycles. The van der Waals surface area contributed by atoms with Gasteiger partial charge in [-0.3, -0.25) is 9.78 Å². The lowest BCUT2D eigenvalue weighted by molar-refractivity contribution is 0.0937. The Kier molecular flexibility index (Phi) is 7.69. The van der Waals surface area contributed by atoms with E-state index in [1.54, 1.807) is 11.3 Å². The van der Waals surface area contributed by atoms with Gasteiger partial charge >= 0.3 is 0 Å². The highest BCUT2D eigenvalue weighted by Crippen LogP contribution is 2.31. The summed E-state index contributed by atoms with van der Waals surface area (Å²) in [6.07, 6.45) is 8.50. The van der Waals surface area contributed by atoms with E-state index >= 15 is 0 Å². The summed E-state index contributed by atoms with van der Waals surface area (Å²) in [6, 6.07) is 17.1. The molecule has 4 aromatic rings. The standard InChI is InChI=1S/C33H39N7OS/c1-38-16-18-39(19-17-38)27-12-10-25(11-13-27)35-32-31-24(7-4-14-34-31)21-30(37-32)40-15-5-8-26(22-40)36-33(41)29-20-23-6-2-3-9-28(23)42-29/h4,7,10-14,20-21,26H,2-3,5-6,8-9,15-19,22H2,1H3,(H,35,37)(H,36,41). The number of nitrogens with zero attached hydrogens (tertiary/aromatic N) is 5. The van der Waals surface area contributed by atoms with Gasteiger partial charge < -0.3 is 25.3 Å². The lowest BCUT2D eigenvalue weighted by Crippen LogP contribution is -2.48. The molecule has 8 nitrogen and oxygen atoms in total. The summed E-state index contributed by atoms with van der Waals surface area (Å²) in [4.78, 5) is 32.3. The van der Waals surface area contributed by atoms with Crippen molar-refractivity contribution in [3.63, 3.8) is 0 Å². The Bertz CT molecular complexity index is 1540. The number of anilines is 4. The minimum absolute atomic E-state index is 0.0688. The summed E-state index contributed by atoms with van der Waals surface area (Å²) in [5, 5.41) is 7.94. The number of hydrogen-bond donors (Lipinski definition) is 2. The SMILES string of the molecule is CN1CCN(c2ccc(Nc3nc(N4CCCC(NC(=O)c5cc6c(s5)CCCC6)C4)cc4cccnc34)cc2)CC1. The van der Waals surface area contributed by atoms with Crippen LogP contribution in [0.2, 0.25) is 0 Å². The predicted octanol–water partition coefficient (Wildman–Crippen LogP) is 5.46. The fraction of sp³-hybridized carbons (Fsp3) is 0.424. The lowest BCUT2D eigenvalue weighted by atomic mass is 9.99. The molecule has 3 aliphatic rings. The van der Waals surface area contributed by atoms with E-state index in [1.165, 1.54) is 29.0 Å². The number of fused-ring (bicyclic) bond motifs is 2. The second kappa shape index (κ2) is 11.9. The average Bonchev–Trinajstić information content (AvgIpc) is 3.47. The van der Waals surface area contributed by atoms with Crippen LogP contribution in [0.15, 0.2) is 54.7 Å². The number of benzene rings is 1. The average molecular weight is 582 g/mol. The molecule has 1 amide bonds. The quantitative estimate of drug-likeness (QED) is 0.313. The zero-order valence-corrected chi connectivity index (χ0v) is 25.1. The third-order valence-electron chi connectivity index (χ3n) is 8.87. The molecule has 9 heteroatoms. The Labute approximate surface area is 251 Å². The van der Waals surface area contributed by atoms with Crippen LogP contribution in [0.1, 0.15) is 45.8 Å². The third kappa shape index (κ3) is 5.80. The summed E-state index contributed by atoms with van der Waals surface area (Å²) in [5.74, 6) is 1.74. The molecule has 2 saturated heterocycles. The van der Waals surface area contributed by atoms with Gasteiger partial charge in [-0.15, -0.1) is 11.3 Å². The van der Waals surface area contributed by atoms with Gasteiger partial charge in [0.2, 0.25) is 0 Å². The van der Waals surface area contributed by atoms with Crippen molar-refractivity contribution in [2.45, 2.75) is 44.6 Å². The fourth-order valence-electron chi connectivity index (χ4n) is 6.44. The van der Waals surface area contributed by atoms with Crippen LogP contribution in [0, 0.1) is 0 Å². The van der Waals surface area contributed by atoms with Crippen molar-refractivity contribution in [2.24, 2.45) is 0 Å². The van der Waals surface area contributed by atoms with Crippen LogP contribution in [0.4, 0.5) is 23.0 Å². The summed E-state index contributed by atoms with van der Waals surface area (Å²) < 4.78 is 0. The van der Waals surface area contributed by atoms with Gasteiger partial charge in [-0.05, 0) is 93.6 Å². The highest BCUT2D eigenvalue weighted by molar-refractivity contribution is 7.14. The normalized spacial score (nSPS) is 19.5. The molecule has 0 radical (unpaired) electrons. The number of thiophene rings is 1. The predicted molar refractivity (Wildman–Crippen MR) is 173 cm³/mol. The molecule has 1 unspecified atom stereocenters. The van der Waals surface area contributed by atoms with Gasteiger partial charge in [0.15, 0.2) is 5.82 Å². The van der Waals surface area contributed by atoms with Crippen LogP contribution in [0.25, 0.3) is 10.9 Å². The van der Waals surface area contributed by atoms with Gasteiger partial charge in [0.25, 0.3) is 5.91 Å². The Morgan fingerprint density at radius 1 is 0.952 bits per heavy atom. The number of piperazine rings is 1. The number of aromatic nitrogens is 2. The second-order valence-electron chi connectivity index (χ2n) is 11.9. The van der Waals surface area contributed by atoms with Crippen LogP contribution in [-0.2, 0) is 12.8 Å². The van der Waals surface area contributed by atoms with Gasteiger partial charge in [0.05, 0.1) is 4.88 Å². The number of aryl methyl sites for hydroxylation is 2. The molecular formula is C33H39N7OS. The number of amides is 1. The molecule has 0 spiro atoms. The van der Waals surface area contributed by atoms with E-state index in [9.17, 15) is 4.79 Å². The van der Waals surface area contributed by atoms with Crippen LogP contribution in [0.5, 0.6) is 0 Å². The minimum Gasteiger partial charge on any atom is -0.369 e. The molecule has 1 aromatic carbocycles. The van der Waals surface area contributed by atoms with Crippen molar-refractivity contribution < 1.29 is 4.79 Å². The van der Waals surface area contributed by atoms with E-state index in [4.69, 9.17) is 4.98 Å². The van der Waals surface area contributed by atoms with Gasteiger partial charge in [-0.2, -0.15) is 0 Å². The number of pyridine rings is 2. The van der Waals surface area contributed by atoms with Crippen molar-refractivity contribution in [2.75, 3.05) is 61.4 Å². The molecule has 2 aliphatic heterocycles. The number of piperidine rings is 1. The van der Waals surface area contributed by atoms with E-state index in [0.717, 1.165) is 98.1 Å². The third-order valence-corrected chi connectivity index (χ3v) is 10.1. The highest BCUT2D eigenvalue weighted by atomic mass is 32.1.